The van der Waals surface area contributed by atoms with Gasteiger partial charge in [-0.05, 0) is 13.8 Å². The van der Waals surface area contributed by atoms with Gasteiger partial charge in [0.25, 0.3) is 0 Å². The van der Waals surface area contributed by atoms with Crippen molar-refractivity contribution in [3.8, 4) is 0 Å². The van der Waals surface area contributed by atoms with Crippen LogP contribution < -0.4 is 5.32 Å². The maximum Gasteiger partial charge on any atom is 0.321 e. The Morgan fingerprint density at radius 1 is 1.21 bits per heavy atom. The van der Waals surface area contributed by atoms with Crippen molar-refractivity contribution in [2.45, 2.75) is 24.3 Å². The quantitative estimate of drug-likeness (QED) is 0.637. The molecule has 0 aromatic rings. The van der Waals surface area contributed by atoms with E-state index in [1.807, 2.05) is 0 Å². The summed E-state index contributed by atoms with van der Waals surface area (Å²) in [6, 6.07) is 0. The number of aliphatic carboxylic acids is 1. The fourth-order valence-corrected chi connectivity index (χ4v) is 2.11. The summed E-state index contributed by atoms with van der Waals surface area (Å²) in [5, 5.41) is 7.74. The summed E-state index contributed by atoms with van der Waals surface area (Å²) in [5.74, 6) is -2.17. The van der Waals surface area contributed by atoms with Gasteiger partial charge in [-0.25, -0.2) is 8.42 Å². The standard InChI is InChI=1S/C7H13NO5S/c1-4(6(9)8-3)14(12,13)5(2)7(10)11/h4-5H,1-3H3,(H,8,9)(H,10,11). The molecule has 0 aliphatic carbocycles. The van der Waals surface area contributed by atoms with Crippen molar-refractivity contribution in [2.75, 3.05) is 7.05 Å². The van der Waals surface area contributed by atoms with Crippen molar-refractivity contribution in [2.24, 2.45) is 0 Å². The maximum atomic E-state index is 11.4. The number of hydrogen-bond donors (Lipinski definition) is 2. The highest BCUT2D eigenvalue weighted by Crippen LogP contribution is 2.09. The van der Waals surface area contributed by atoms with E-state index in [1.54, 1.807) is 0 Å². The third kappa shape index (κ3) is 2.44. The first kappa shape index (κ1) is 12.9. The third-order valence-electron chi connectivity index (χ3n) is 1.95. The number of amides is 1. The maximum absolute atomic E-state index is 11.4. The van der Waals surface area contributed by atoms with E-state index in [4.69, 9.17) is 5.11 Å². The van der Waals surface area contributed by atoms with Crippen LogP contribution in [0.25, 0.3) is 0 Å². The Morgan fingerprint density at radius 2 is 1.64 bits per heavy atom. The Balaban J connectivity index is 4.98. The average molecular weight is 223 g/mol. The van der Waals surface area contributed by atoms with Crippen molar-refractivity contribution in [3.63, 3.8) is 0 Å². The minimum Gasteiger partial charge on any atom is -0.480 e. The molecule has 0 heterocycles. The van der Waals surface area contributed by atoms with Crippen LogP contribution in [0.1, 0.15) is 13.8 Å². The smallest absolute Gasteiger partial charge is 0.321 e. The molecular formula is C7H13NO5S. The molecule has 7 heteroatoms. The fraction of sp³-hybridized carbons (Fsp3) is 0.714. The molecule has 2 N–H and O–H groups in total. The van der Waals surface area contributed by atoms with Crippen LogP contribution in [0.5, 0.6) is 0 Å². The van der Waals surface area contributed by atoms with Crippen molar-refractivity contribution in [3.05, 3.63) is 0 Å². The molecule has 0 saturated carbocycles. The first-order chi connectivity index (χ1) is 6.25. The molecule has 0 spiro atoms. The largest absolute Gasteiger partial charge is 0.480 e. The molecule has 0 fully saturated rings. The Bertz CT molecular complexity index is 334. The fourth-order valence-electron chi connectivity index (χ4n) is 0.799. The van der Waals surface area contributed by atoms with Crippen molar-refractivity contribution in [1.29, 1.82) is 0 Å². The van der Waals surface area contributed by atoms with Gasteiger partial charge in [-0.2, -0.15) is 0 Å². The molecule has 0 bridgehead atoms. The zero-order valence-electron chi connectivity index (χ0n) is 8.14. The molecule has 2 atom stereocenters. The van der Waals surface area contributed by atoms with E-state index in [2.05, 4.69) is 5.32 Å². The molecule has 14 heavy (non-hydrogen) atoms. The van der Waals surface area contributed by atoms with Crippen molar-refractivity contribution in [1.82, 2.24) is 5.32 Å². The van der Waals surface area contributed by atoms with Crippen LogP contribution in [0.3, 0.4) is 0 Å². The summed E-state index contributed by atoms with van der Waals surface area (Å²) >= 11 is 0. The van der Waals surface area contributed by atoms with E-state index in [9.17, 15) is 18.0 Å². The lowest BCUT2D eigenvalue weighted by Gasteiger charge is -2.14. The molecule has 0 aliphatic heterocycles. The molecule has 0 rings (SSSR count). The monoisotopic (exact) mass is 223 g/mol. The molecule has 0 aliphatic rings. The van der Waals surface area contributed by atoms with Gasteiger partial charge < -0.3 is 10.4 Å². The molecule has 0 aromatic carbocycles. The van der Waals surface area contributed by atoms with Crippen LogP contribution in [0.15, 0.2) is 0 Å². The highest BCUT2D eigenvalue weighted by Gasteiger charge is 2.36. The van der Waals surface area contributed by atoms with Gasteiger partial charge in [-0.15, -0.1) is 0 Å². The highest BCUT2D eigenvalue weighted by molar-refractivity contribution is 7.94. The minimum absolute atomic E-state index is 0.710. The number of nitrogens with one attached hydrogen (secondary N) is 1. The summed E-state index contributed by atoms with van der Waals surface area (Å²) in [7, 11) is -2.67. The van der Waals surface area contributed by atoms with Crippen molar-refractivity contribution >= 4 is 21.7 Å². The normalized spacial score (nSPS) is 15.6. The van der Waals surface area contributed by atoms with Gasteiger partial charge in [0.15, 0.2) is 15.1 Å². The lowest BCUT2D eigenvalue weighted by atomic mass is 10.4. The van der Waals surface area contributed by atoms with Crippen molar-refractivity contribution < 1.29 is 23.1 Å². The summed E-state index contributed by atoms with van der Waals surface area (Å²) < 4.78 is 22.9. The number of carboxylic acid groups (broad SMARTS) is 1. The van der Waals surface area contributed by atoms with Gasteiger partial charge in [0.1, 0.15) is 5.25 Å². The zero-order chi connectivity index (χ0) is 11.5. The summed E-state index contributed by atoms with van der Waals surface area (Å²) in [6.45, 7) is 2.20. The van der Waals surface area contributed by atoms with Gasteiger partial charge in [0, 0.05) is 7.05 Å². The molecule has 82 valence electrons. The van der Waals surface area contributed by atoms with Crippen LogP contribution in [-0.4, -0.2) is 42.9 Å². The average Bonchev–Trinajstić information content (AvgIpc) is 2.13. The third-order valence-corrected chi connectivity index (χ3v) is 4.34. The Morgan fingerprint density at radius 3 is 1.93 bits per heavy atom. The Kier molecular flexibility index (Phi) is 4.06. The minimum atomic E-state index is -3.96. The lowest BCUT2D eigenvalue weighted by Crippen LogP contribution is -2.42. The summed E-state index contributed by atoms with van der Waals surface area (Å²) in [6.07, 6.45) is 0. The van der Waals surface area contributed by atoms with Gasteiger partial charge in [-0.3, -0.25) is 9.59 Å². The summed E-state index contributed by atoms with van der Waals surface area (Å²) in [5.41, 5.74) is 0. The second-order valence-corrected chi connectivity index (χ2v) is 5.42. The van der Waals surface area contributed by atoms with E-state index in [0.29, 0.717) is 0 Å². The predicted octanol–water partition coefficient (Wildman–Crippen LogP) is -0.991. The number of hydrogen-bond acceptors (Lipinski definition) is 4. The van der Waals surface area contributed by atoms with Gasteiger partial charge in [-0.1, -0.05) is 0 Å². The predicted molar refractivity (Wildman–Crippen MR) is 49.5 cm³/mol. The molecule has 1 amide bonds. The Labute approximate surface area is 82.2 Å². The lowest BCUT2D eigenvalue weighted by molar-refractivity contribution is -0.136. The first-order valence-electron chi connectivity index (χ1n) is 3.92. The van der Waals surface area contributed by atoms with Gasteiger partial charge in [0.2, 0.25) is 5.91 Å². The van der Waals surface area contributed by atoms with Crippen LogP contribution in [0.4, 0.5) is 0 Å². The van der Waals surface area contributed by atoms with Crippen LogP contribution >= 0.6 is 0 Å². The van der Waals surface area contributed by atoms with E-state index in [-0.39, 0.29) is 0 Å². The number of carbonyl (C=O) groups is 2. The second kappa shape index (κ2) is 4.41. The first-order valence-corrected chi connectivity index (χ1v) is 5.53. The van der Waals surface area contributed by atoms with Gasteiger partial charge in [0.05, 0.1) is 0 Å². The molecule has 2 unspecified atom stereocenters. The van der Waals surface area contributed by atoms with E-state index < -0.39 is 32.2 Å². The number of carbonyl (C=O) groups excluding carboxylic acids is 1. The number of rotatable bonds is 4. The van der Waals surface area contributed by atoms with E-state index in [1.165, 1.54) is 7.05 Å². The van der Waals surface area contributed by atoms with Crippen LogP contribution in [0.2, 0.25) is 0 Å². The van der Waals surface area contributed by atoms with Crippen LogP contribution in [0, 0.1) is 0 Å². The summed E-state index contributed by atoms with van der Waals surface area (Å²) in [4.78, 5) is 21.5. The molecule has 0 aromatic heterocycles. The molecular weight excluding hydrogens is 210 g/mol. The zero-order valence-corrected chi connectivity index (χ0v) is 8.96. The Hall–Kier alpha value is -1.11. The topological polar surface area (TPSA) is 101 Å². The van der Waals surface area contributed by atoms with E-state index in [0.717, 1.165) is 13.8 Å². The number of carboxylic acids is 1. The van der Waals surface area contributed by atoms with Crippen LogP contribution in [-0.2, 0) is 19.4 Å². The molecule has 0 saturated heterocycles. The molecule has 6 nitrogen and oxygen atoms in total. The SMILES string of the molecule is CNC(=O)C(C)S(=O)(=O)C(C)C(=O)O. The second-order valence-electron chi connectivity index (χ2n) is 2.83. The molecule has 0 radical (unpaired) electrons. The number of sulfone groups is 1. The van der Waals surface area contributed by atoms with Gasteiger partial charge >= 0.3 is 5.97 Å². The highest BCUT2D eigenvalue weighted by atomic mass is 32.2. The van der Waals surface area contributed by atoms with E-state index >= 15 is 0 Å².